The highest BCUT2D eigenvalue weighted by atomic mass is 32.2. The molecule has 0 bridgehead atoms. The van der Waals surface area contributed by atoms with Gasteiger partial charge in [-0.2, -0.15) is 0 Å². The number of hydrogen-bond donors (Lipinski definition) is 1. The molecule has 1 N–H and O–H groups in total. The van der Waals surface area contributed by atoms with E-state index in [2.05, 4.69) is 11.6 Å². The first-order valence-electron chi connectivity index (χ1n) is 7.15. The van der Waals surface area contributed by atoms with Crippen molar-refractivity contribution >= 4 is 10.0 Å². The Labute approximate surface area is 126 Å². The quantitative estimate of drug-likeness (QED) is 0.852. The van der Waals surface area contributed by atoms with E-state index in [4.69, 9.17) is 4.42 Å². The summed E-state index contributed by atoms with van der Waals surface area (Å²) in [6.45, 7) is 4.12. The third kappa shape index (κ3) is 4.44. The van der Waals surface area contributed by atoms with Crippen LogP contribution in [0.5, 0.6) is 0 Å². The summed E-state index contributed by atoms with van der Waals surface area (Å²) in [6, 6.07) is 10.6. The molecule has 1 heterocycles. The summed E-state index contributed by atoms with van der Waals surface area (Å²) in [5, 5.41) is 0. The van der Waals surface area contributed by atoms with Gasteiger partial charge in [-0.1, -0.05) is 25.5 Å². The maximum absolute atomic E-state index is 12.2. The highest BCUT2D eigenvalue weighted by Gasteiger charge is 2.14. The molecule has 0 saturated heterocycles. The lowest BCUT2D eigenvalue weighted by molar-refractivity contribution is 0.475. The number of nitrogens with one attached hydrogen (secondary N) is 1. The Kier molecular flexibility index (Phi) is 5.20. The van der Waals surface area contributed by atoms with Gasteiger partial charge in [-0.15, -0.1) is 0 Å². The van der Waals surface area contributed by atoms with Crippen LogP contribution in [0.2, 0.25) is 0 Å². The van der Waals surface area contributed by atoms with Crippen LogP contribution in [-0.4, -0.2) is 8.42 Å². The minimum absolute atomic E-state index is 0.160. The van der Waals surface area contributed by atoms with E-state index in [1.807, 2.05) is 25.1 Å². The van der Waals surface area contributed by atoms with Gasteiger partial charge in [0.05, 0.1) is 11.4 Å². The number of benzene rings is 1. The van der Waals surface area contributed by atoms with Gasteiger partial charge < -0.3 is 4.42 Å². The van der Waals surface area contributed by atoms with Crippen LogP contribution in [0.1, 0.15) is 36.8 Å². The fraction of sp³-hybridized carbons (Fsp3) is 0.375. The van der Waals surface area contributed by atoms with Gasteiger partial charge in [0.1, 0.15) is 11.5 Å². The van der Waals surface area contributed by atoms with E-state index in [1.165, 1.54) is 0 Å². The number of aryl methyl sites for hydroxylation is 2. The Morgan fingerprint density at radius 3 is 2.38 bits per heavy atom. The number of hydrogen-bond acceptors (Lipinski definition) is 3. The minimum atomic E-state index is -3.50. The molecule has 0 amide bonds. The van der Waals surface area contributed by atoms with Gasteiger partial charge in [0.2, 0.25) is 10.0 Å². The molecule has 0 unspecified atom stereocenters. The summed E-state index contributed by atoms with van der Waals surface area (Å²) in [5.74, 6) is 1.38. The number of rotatable bonds is 7. The second-order valence-corrected chi connectivity index (χ2v) is 6.85. The van der Waals surface area contributed by atoms with E-state index in [0.717, 1.165) is 30.6 Å². The average Bonchev–Trinajstić information content (AvgIpc) is 2.89. The predicted octanol–water partition coefficient (Wildman–Crippen LogP) is 3.41. The van der Waals surface area contributed by atoms with Crippen LogP contribution in [0.3, 0.4) is 0 Å². The van der Waals surface area contributed by atoms with Crippen LogP contribution in [0, 0.1) is 6.92 Å². The topological polar surface area (TPSA) is 59.3 Å². The maximum Gasteiger partial charge on any atom is 0.240 e. The first kappa shape index (κ1) is 15.8. The Hall–Kier alpha value is -1.59. The van der Waals surface area contributed by atoms with E-state index < -0.39 is 10.0 Å². The van der Waals surface area contributed by atoms with Crippen molar-refractivity contribution in [1.29, 1.82) is 0 Å². The molecule has 2 rings (SSSR count). The fourth-order valence-electron chi connectivity index (χ4n) is 2.05. The monoisotopic (exact) mass is 307 g/mol. The Morgan fingerprint density at radius 1 is 1.10 bits per heavy atom. The molecule has 0 spiro atoms. The molecular weight excluding hydrogens is 286 g/mol. The minimum Gasteiger partial charge on any atom is -0.465 e. The van der Waals surface area contributed by atoms with Gasteiger partial charge in [-0.3, -0.25) is 0 Å². The predicted molar refractivity (Wildman–Crippen MR) is 82.5 cm³/mol. The van der Waals surface area contributed by atoms with Gasteiger partial charge in [-0.05, 0) is 49.6 Å². The van der Waals surface area contributed by atoms with Crippen LogP contribution >= 0.6 is 0 Å². The first-order chi connectivity index (χ1) is 10.0. The lowest BCUT2D eigenvalue weighted by Crippen LogP contribution is -2.23. The molecule has 4 nitrogen and oxygen atoms in total. The molecule has 0 aliphatic rings. The molecule has 0 aliphatic carbocycles. The molecule has 0 saturated carbocycles. The van der Waals surface area contributed by atoms with Crippen molar-refractivity contribution in [1.82, 2.24) is 4.72 Å². The fourth-order valence-corrected chi connectivity index (χ4v) is 3.04. The van der Waals surface area contributed by atoms with E-state index >= 15 is 0 Å². The van der Waals surface area contributed by atoms with Crippen molar-refractivity contribution in [2.45, 2.75) is 44.6 Å². The molecule has 0 aliphatic heterocycles. The number of sulfonamides is 1. The van der Waals surface area contributed by atoms with Crippen molar-refractivity contribution in [2.24, 2.45) is 0 Å². The molecule has 0 atom stereocenters. The standard InChI is InChI=1S/C16H21NO3S/c1-3-4-5-14-7-10-16(11-8-14)21(18,19)17-12-15-9-6-13(2)20-15/h6-11,17H,3-5,12H2,1-2H3. The van der Waals surface area contributed by atoms with E-state index in [1.54, 1.807) is 18.2 Å². The summed E-state index contributed by atoms with van der Waals surface area (Å²) in [6.07, 6.45) is 3.22. The molecule has 0 radical (unpaired) electrons. The van der Waals surface area contributed by atoms with Crippen molar-refractivity contribution in [3.05, 3.63) is 53.5 Å². The average molecular weight is 307 g/mol. The van der Waals surface area contributed by atoms with Gasteiger partial charge in [0.15, 0.2) is 0 Å². The molecule has 1 aromatic carbocycles. The third-order valence-corrected chi connectivity index (χ3v) is 4.70. The second-order valence-electron chi connectivity index (χ2n) is 5.08. The Balaban J connectivity index is 2.01. The lowest BCUT2D eigenvalue weighted by Gasteiger charge is -2.06. The van der Waals surface area contributed by atoms with Crippen molar-refractivity contribution in [3.63, 3.8) is 0 Å². The molecule has 1 aromatic heterocycles. The molecule has 114 valence electrons. The van der Waals surface area contributed by atoms with Crippen molar-refractivity contribution < 1.29 is 12.8 Å². The normalized spacial score (nSPS) is 11.7. The van der Waals surface area contributed by atoms with Gasteiger partial charge in [0.25, 0.3) is 0 Å². The smallest absolute Gasteiger partial charge is 0.240 e. The van der Waals surface area contributed by atoms with Crippen LogP contribution in [0.25, 0.3) is 0 Å². The van der Waals surface area contributed by atoms with Gasteiger partial charge >= 0.3 is 0 Å². The Morgan fingerprint density at radius 2 is 1.81 bits per heavy atom. The first-order valence-corrected chi connectivity index (χ1v) is 8.63. The largest absolute Gasteiger partial charge is 0.465 e. The van der Waals surface area contributed by atoms with Crippen LogP contribution in [0.15, 0.2) is 45.7 Å². The van der Waals surface area contributed by atoms with Gasteiger partial charge in [-0.25, -0.2) is 13.1 Å². The van der Waals surface area contributed by atoms with Crippen molar-refractivity contribution in [2.75, 3.05) is 0 Å². The van der Waals surface area contributed by atoms with E-state index in [-0.39, 0.29) is 11.4 Å². The van der Waals surface area contributed by atoms with E-state index in [9.17, 15) is 8.42 Å². The molecule has 5 heteroatoms. The highest BCUT2D eigenvalue weighted by molar-refractivity contribution is 7.89. The number of furan rings is 1. The van der Waals surface area contributed by atoms with E-state index in [0.29, 0.717) is 5.76 Å². The zero-order chi connectivity index (χ0) is 15.3. The summed E-state index contributed by atoms with van der Waals surface area (Å²) < 4.78 is 32.3. The summed E-state index contributed by atoms with van der Waals surface area (Å²) in [4.78, 5) is 0.283. The molecular formula is C16H21NO3S. The summed E-state index contributed by atoms with van der Waals surface area (Å²) in [5.41, 5.74) is 1.16. The highest BCUT2D eigenvalue weighted by Crippen LogP contribution is 2.13. The SMILES string of the molecule is CCCCc1ccc(S(=O)(=O)NCc2ccc(C)o2)cc1. The second kappa shape index (κ2) is 6.91. The molecule has 0 fully saturated rings. The maximum atomic E-state index is 12.2. The third-order valence-electron chi connectivity index (χ3n) is 3.29. The molecule has 21 heavy (non-hydrogen) atoms. The Bertz CT molecular complexity index is 672. The van der Waals surface area contributed by atoms with Gasteiger partial charge in [0, 0.05) is 0 Å². The zero-order valence-corrected chi connectivity index (χ0v) is 13.2. The molecule has 2 aromatic rings. The van der Waals surface area contributed by atoms with Crippen LogP contribution in [0.4, 0.5) is 0 Å². The van der Waals surface area contributed by atoms with Crippen LogP contribution < -0.4 is 4.72 Å². The lowest BCUT2D eigenvalue weighted by atomic mass is 10.1. The zero-order valence-electron chi connectivity index (χ0n) is 12.4. The summed E-state index contributed by atoms with van der Waals surface area (Å²) >= 11 is 0. The number of unbranched alkanes of at least 4 members (excludes halogenated alkanes) is 1. The summed E-state index contributed by atoms with van der Waals surface area (Å²) in [7, 11) is -3.50. The van der Waals surface area contributed by atoms with Crippen LogP contribution in [-0.2, 0) is 23.0 Å². The van der Waals surface area contributed by atoms with Crippen molar-refractivity contribution in [3.8, 4) is 0 Å².